The summed E-state index contributed by atoms with van der Waals surface area (Å²) in [5, 5.41) is 0.852. The number of thiophene rings is 1. The Kier molecular flexibility index (Phi) is 5.01. The van der Waals surface area contributed by atoms with E-state index in [9.17, 15) is 13.2 Å². The molecule has 7 heteroatoms. The van der Waals surface area contributed by atoms with Gasteiger partial charge in [0.15, 0.2) is 0 Å². The third kappa shape index (κ3) is 3.84. The summed E-state index contributed by atoms with van der Waals surface area (Å²) in [6, 6.07) is 13.2. The molecular weight excluding hydrogens is 380 g/mol. The van der Waals surface area contributed by atoms with Gasteiger partial charge in [-0.15, -0.1) is 11.3 Å². The van der Waals surface area contributed by atoms with Crippen LogP contribution in [0.1, 0.15) is 20.8 Å². The van der Waals surface area contributed by atoms with Crippen LogP contribution in [0.5, 0.6) is 0 Å². The Bertz CT molecular complexity index is 1130. The van der Waals surface area contributed by atoms with E-state index in [2.05, 4.69) is 0 Å². The van der Waals surface area contributed by atoms with Crippen LogP contribution in [0.3, 0.4) is 0 Å². The molecule has 27 heavy (non-hydrogen) atoms. The number of carbonyl (C=O) groups is 1. The molecule has 0 bridgehead atoms. The molecule has 0 atom stereocenters. The van der Waals surface area contributed by atoms with E-state index in [-0.39, 0.29) is 5.91 Å². The highest BCUT2D eigenvalue weighted by Gasteiger charge is 2.18. The normalized spacial score (nSPS) is 11.6. The highest BCUT2D eigenvalue weighted by molar-refractivity contribution is 7.92. The molecule has 0 unspecified atom stereocenters. The number of carbonyl (C=O) groups excluding carboxylic acids is 1. The van der Waals surface area contributed by atoms with Crippen LogP contribution in [0.15, 0.2) is 42.5 Å². The van der Waals surface area contributed by atoms with Crippen molar-refractivity contribution in [3.63, 3.8) is 0 Å². The zero-order chi connectivity index (χ0) is 19.9. The summed E-state index contributed by atoms with van der Waals surface area (Å²) in [5.74, 6) is -0.0857. The molecule has 0 aliphatic carbocycles. The minimum absolute atomic E-state index is 0.0857. The van der Waals surface area contributed by atoms with Crippen molar-refractivity contribution in [1.29, 1.82) is 0 Å². The molecule has 0 fully saturated rings. The second-order valence-corrected chi connectivity index (χ2v) is 9.79. The maximum Gasteiger partial charge on any atom is 0.268 e. The summed E-state index contributed by atoms with van der Waals surface area (Å²) in [7, 11) is -0.0497. The molecular formula is C20H22N2O3S2. The number of aryl methyl sites for hydroxylation is 2. The molecule has 0 spiro atoms. The van der Waals surface area contributed by atoms with E-state index in [1.54, 1.807) is 24.1 Å². The van der Waals surface area contributed by atoms with Gasteiger partial charge in [-0.1, -0.05) is 6.07 Å². The third-order valence-electron chi connectivity index (χ3n) is 4.75. The molecule has 1 heterocycles. The van der Waals surface area contributed by atoms with Crippen LogP contribution in [-0.4, -0.2) is 34.7 Å². The fourth-order valence-corrected chi connectivity index (χ4v) is 4.26. The van der Waals surface area contributed by atoms with E-state index in [1.807, 2.05) is 44.2 Å². The van der Waals surface area contributed by atoms with Crippen LogP contribution in [0.25, 0.3) is 10.1 Å². The molecule has 0 aliphatic heterocycles. The first-order valence-electron chi connectivity index (χ1n) is 8.41. The lowest BCUT2D eigenvalue weighted by atomic mass is 10.1. The zero-order valence-electron chi connectivity index (χ0n) is 16.0. The predicted molar refractivity (Wildman–Crippen MR) is 114 cm³/mol. The van der Waals surface area contributed by atoms with Crippen LogP contribution < -0.4 is 9.21 Å². The number of nitrogens with zero attached hydrogens (tertiary/aromatic N) is 2. The van der Waals surface area contributed by atoms with Gasteiger partial charge >= 0.3 is 0 Å². The van der Waals surface area contributed by atoms with Crippen molar-refractivity contribution in [1.82, 2.24) is 0 Å². The first kappa shape index (κ1) is 19.4. The van der Waals surface area contributed by atoms with Gasteiger partial charge in [0.25, 0.3) is 5.91 Å². The second kappa shape index (κ2) is 6.98. The predicted octanol–water partition coefficient (Wildman–Crippen LogP) is 4.19. The van der Waals surface area contributed by atoms with E-state index in [4.69, 9.17) is 0 Å². The average Bonchev–Trinajstić information content (AvgIpc) is 3.04. The average molecular weight is 403 g/mol. The van der Waals surface area contributed by atoms with Crippen molar-refractivity contribution in [3.05, 3.63) is 58.5 Å². The van der Waals surface area contributed by atoms with Gasteiger partial charge in [-0.05, 0) is 66.8 Å². The summed E-state index contributed by atoms with van der Waals surface area (Å²) in [4.78, 5) is 15.2. The first-order chi connectivity index (χ1) is 12.6. The fourth-order valence-electron chi connectivity index (χ4n) is 2.74. The summed E-state index contributed by atoms with van der Waals surface area (Å²) in [5.41, 5.74) is 3.74. The molecule has 1 aromatic heterocycles. The number of fused-ring (bicyclic) bond motifs is 1. The summed E-state index contributed by atoms with van der Waals surface area (Å²) >= 11 is 1.40. The van der Waals surface area contributed by atoms with E-state index >= 15 is 0 Å². The zero-order valence-corrected chi connectivity index (χ0v) is 17.6. The fraction of sp³-hybridized carbons (Fsp3) is 0.250. The van der Waals surface area contributed by atoms with Crippen LogP contribution in [0.2, 0.25) is 0 Å². The third-order valence-corrected chi connectivity index (χ3v) is 7.06. The lowest BCUT2D eigenvalue weighted by Crippen LogP contribution is -2.25. The van der Waals surface area contributed by atoms with Gasteiger partial charge in [-0.2, -0.15) is 0 Å². The van der Waals surface area contributed by atoms with Gasteiger partial charge in [0.1, 0.15) is 0 Å². The van der Waals surface area contributed by atoms with Gasteiger partial charge in [-0.25, -0.2) is 8.42 Å². The van der Waals surface area contributed by atoms with Gasteiger partial charge in [-0.3, -0.25) is 9.10 Å². The smallest absolute Gasteiger partial charge is 0.268 e. The van der Waals surface area contributed by atoms with Crippen molar-refractivity contribution >= 4 is 48.7 Å². The number of amides is 1. The number of anilines is 2. The van der Waals surface area contributed by atoms with Crippen LogP contribution in [-0.2, 0) is 10.0 Å². The Labute approximate surface area is 163 Å². The summed E-state index contributed by atoms with van der Waals surface area (Å²) in [6.07, 6.45) is 1.16. The van der Waals surface area contributed by atoms with Crippen LogP contribution in [0.4, 0.5) is 11.4 Å². The molecule has 0 aliphatic rings. The van der Waals surface area contributed by atoms with Gasteiger partial charge in [0.2, 0.25) is 10.0 Å². The van der Waals surface area contributed by atoms with Crippen LogP contribution in [0, 0.1) is 13.8 Å². The standard InChI is InChI=1S/C20H22N2O3S2/c1-13-6-7-16(10-14(13)2)21(3)20(23)19-12-15-11-17(8-9-18(15)26-19)22(4)27(5,24)25/h6-12H,1-5H3. The summed E-state index contributed by atoms with van der Waals surface area (Å²) < 4.78 is 25.7. The number of sulfonamides is 1. The van der Waals surface area contributed by atoms with Gasteiger partial charge in [0, 0.05) is 24.5 Å². The van der Waals surface area contributed by atoms with E-state index in [0.29, 0.717) is 10.6 Å². The van der Waals surface area contributed by atoms with Crippen molar-refractivity contribution in [2.24, 2.45) is 0 Å². The molecule has 0 N–H and O–H groups in total. The number of hydrogen-bond donors (Lipinski definition) is 0. The van der Waals surface area contributed by atoms with Gasteiger partial charge < -0.3 is 4.90 Å². The Balaban J connectivity index is 1.94. The molecule has 3 aromatic rings. The second-order valence-electron chi connectivity index (χ2n) is 6.70. The molecule has 0 saturated heterocycles. The Morgan fingerprint density at radius 3 is 2.22 bits per heavy atom. The largest absolute Gasteiger partial charge is 0.311 e. The molecule has 1 amide bonds. The monoisotopic (exact) mass is 402 g/mol. The maximum absolute atomic E-state index is 12.9. The van der Waals surface area contributed by atoms with Crippen molar-refractivity contribution in [2.75, 3.05) is 29.6 Å². The minimum atomic E-state index is -3.33. The number of hydrogen-bond acceptors (Lipinski definition) is 4. The van der Waals surface area contributed by atoms with Crippen molar-refractivity contribution in [2.45, 2.75) is 13.8 Å². The quantitative estimate of drug-likeness (QED) is 0.657. The SMILES string of the molecule is Cc1ccc(N(C)C(=O)c2cc3cc(N(C)S(C)(=O)=O)ccc3s2)cc1C. The van der Waals surface area contributed by atoms with Gasteiger partial charge in [0.05, 0.1) is 16.8 Å². The molecule has 5 nitrogen and oxygen atoms in total. The topological polar surface area (TPSA) is 57.7 Å². The Hall–Kier alpha value is -2.38. The van der Waals surface area contributed by atoms with Crippen LogP contribution >= 0.6 is 11.3 Å². The van der Waals surface area contributed by atoms with E-state index in [1.165, 1.54) is 28.3 Å². The van der Waals surface area contributed by atoms with E-state index < -0.39 is 10.0 Å². The molecule has 0 saturated carbocycles. The molecule has 142 valence electrons. The minimum Gasteiger partial charge on any atom is -0.311 e. The van der Waals surface area contributed by atoms with Crippen molar-refractivity contribution < 1.29 is 13.2 Å². The first-order valence-corrected chi connectivity index (χ1v) is 11.1. The highest BCUT2D eigenvalue weighted by atomic mass is 32.2. The summed E-state index contributed by atoms with van der Waals surface area (Å²) in [6.45, 7) is 4.06. The molecule has 3 rings (SSSR count). The highest BCUT2D eigenvalue weighted by Crippen LogP contribution is 2.31. The molecule has 2 aromatic carbocycles. The van der Waals surface area contributed by atoms with E-state index in [0.717, 1.165) is 27.6 Å². The number of rotatable bonds is 4. The maximum atomic E-state index is 12.9. The molecule has 0 radical (unpaired) electrons. The lowest BCUT2D eigenvalue weighted by Gasteiger charge is -2.17. The Morgan fingerprint density at radius 2 is 1.59 bits per heavy atom. The Morgan fingerprint density at radius 1 is 0.926 bits per heavy atom. The lowest BCUT2D eigenvalue weighted by molar-refractivity contribution is 0.0997. The van der Waals surface area contributed by atoms with Crippen molar-refractivity contribution in [3.8, 4) is 0 Å². The number of benzene rings is 2.